The van der Waals surface area contributed by atoms with Gasteiger partial charge in [-0.2, -0.15) is 4.89 Å². The van der Waals surface area contributed by atoms with Crippen molar-refractivity contribution in [3.05, 3.63) is 0 Å². The number of ether oxygens (including phenoxy) is 1. The Bertz CT molecular complexity index is 470. The fourth-order valence-electron chi connectivity index (χ4n) is 4.81. The molecular weight excluding hydrogens is 476 g/mol. The highest BCUT2D eigenvalue weighted by atomic mass is 17.2. The van der Waals surface area contributed by atoms with Gasteiger partial charge in [0, 0.05) is 19.3 Å². The van der Waals surface area contributed by atoms with Gasteiger partial charge < -0.3 is 9.84 Å². The van der Waals surface area contributed by atoms with Crippen LogP contribution in [0.1, 0.15) is 194 Å². The van der Waals surface area contributed by atoms with Crippen LogP contribution in [-0.2, 0) is 19.3 Å². The summed E-state index contributed by atoms with van der Waals surface area (Å²) in [5, 5.41) is 10.2. The van der Waals surface area contributed by atoms with Crippen LogP contribution >= 0.6 is 0 Å². The molecule has 0 radical (unpaired) electrons. The van der Waals surface area contributed by atoms with E-state index in [-0.39, 0.29) is 5.97 Å². The Labute approximate surface area is 237 Å². The van der Waals surface area contributed by atoms with Crippen molar-refractivity contribution in [3.8, 4) is 0 Å². The van der Waals surface area contributed by atoms with Crippen molar-refractivity contribution in [1.29, 1.82) is 0 Å². The smallest absolute Gasteiger partial charge is 0.308 e. The van der Waals surface area contributed by atoms with E-state index in [0.717, 1.165) is 51.4 Å². The molecule has 0 aliphatic heterocycles. The fourth-order valence-corrected chi connectivity index (χ4v) is 4.81. The molecule has 1 N–H and O–H groups in total. The number of carbonyl (C=O) groups excluding carboxylic acids is 1. The Kier molecular flexibility index (Phi) is 30.4. The van der Waals surface area contributed by atoms with Crippen LogP contribution in [0.25, 0.3) is 0 Å². The Morgan fingerprint density at radius 2 is 0.868 bits per heavy atom. The normalized spacial score (nSPS) is 13.1. The molecular formula is C33H66O5. The van der Waals surface area contributed by atoms with Crippen LogP contribution in [0.4, 0.5) is 0 Å². The third-order valence-corrected chi connectivity index (χ3v) is 7.37. The van der Waals surface area contributed by atoms with Gasteiger partial charge in [0.1, 0.15) is 0 Å². The summed E-state index contributed by atoms with van der Waals surface area (Å²) < 4.78 is 5.57. The molecule has 0 aromatic heterocycles. The molecule has 0 bridgehead atoms. The summed E-state index contributed by atoms with van der Waals surface area (Å²) in [4.78, 5) is 23.0. The van der Waals surface area contributed by atoms with Crippen LogP contribution in [0.3, 0.4) is 0 Å². The minimum Gasteiger partial charge on any atom is -0.433 e. The highest BCUT2D eigenvalue weighted by Crippen LogP contribution is 2.17. The molecule has 0 saturated carbocycles. The zero-order valence-corrected chi connectivity index (χ0v) is 25.8. The van der Waals surface area contributed by atoms with Crippen molar-refractivity contribution in [2.24, 2.45) is 0 Å². The van der Waals surface area contributed by atoms with E-state index in [1.807, 2.05) is 0 Å². The van der Waals surface area contributed by atoms with Crippen molar-refractivity contribution in [2.75, 3.05) is 0 Å². The molecule has 0 heterocycles. The topological polar surface area (TPSA) is 65.0 Å². The maximum atomic E-state index is 12.3. The maximum absolute atomic E-state index is 12.3. The molecule has 5 heteroatoms. The molecule has 0 amide bonds. The Morgan fingerprint density at radius 3 is 1.32 bits per heavy atom. The standard InChI is InChI=1S/C33H66O5/c1-4-7-10-13-15-17-19-21-23-26-29-32(35)37-38-33(36-31(34)28-25-12-9-6-3)30-27-24-22-20-18-16-14-11-8-5-2/h32-33,35H,4-30H2,1-3H3. The molecule has 2 unspecified atom stereocenters. The van der Waals surface area contributed by atoms with Crippen molar-refractivity contribution < 1.29 is 24.4 Å². The molecule has 0 aliphatic rings. The number of esters is 1. The fraction of sp³-hybridized carbons (Fsp3) is 0.970. The third-order valence-electron chi connectivity index (χ3n) is 7.37. The van der Waals surface area contributed by atoms with Crippen LogP contribution in [-0.4, -0.2) is 23.7 Å². The van der Waals surface area contributed by atoms with Crippen LogP contribution in [0.5, 0.6) is 0 Å². The highest BCUT2D eigenvalue weighted by Gasteiger charge is 2.18. The first-order valence-corrected chi connectivity index (χ1v) is 16.8. The van der Waals surface area contributed by atoms with Crippen LogP contribution in [0.15, 0.2) is 0 Å². The van der Waals surface area contributed by atoms with E-state index in [4.69, 9.17) is 14.5 Å². The summed E-state index contributed by atoms with van der Waals surface area (Å²) in [6, 6.07) is 0. The SMILES string of the molecule is CCCCCCCCCCCCC(O)OOC(CCCCCCCCCCCC)OC(=O)CCCCCC. The second-order valence-electron chi connectivity index (χ2n) is 11.3. The van der Waals surface area contributed by atoms with Crippen molar-refractivity contribution in [1.82, 2.24) is 0 Å². The van der Waals surface area contributed by atoms with E-state index in [9.17, 15) is 9.90 Å². The van der Waals surface area contributed by atoms with Crippen LogP contribution in [0.2, 0.25) is 0 Å². The predicted octanol–water partition coefficient (Wildman–Crippen LogP) is 10.7. The summed E-state index contributed by atoms with van der Waals surface area (Å²) in [7, 11) is 0. The molecule has 0 aromatic carbocycles. The van der Waals surface area contributed by atoms with E-state index in [0.29, 0.717) is 19.3 Å². The van der Waals surface area contributed by atoms with E-state index < -0.39 is 12.6 Å². The number of hydrogen-bond donors (Lipinski definition) is 1. The van der Waals surface area contributed by atoms with E-state index >= 15 is 0 Å². The van der Waals surface area contributed by atoms with Gasteiger partial charge in [0.05, 0.1) is 0 Å². The quantitative estimate of drug-likeness (QED) is 0.0310. The highest BCUT2D eigenvalue weighted by molar-refractivity contribution is 5.69. The summed E-state index contributed by atoms with van der Waals surface area (Å²) in [5.41, 5.74) is 0. The zero-order valence-electron chi connectivity index (χ0n) is 25.8. The first-order chi connectivity index (χ1) is 18.6. The molecule has 0 rings (SSSR count). The average molecular weight is 543 g/mol. The lowest BCUT2D eigenvalue weighted by Gasteiger charge is -2.19. The molecule has 5 nitrogen and oxygen atoms in total. The van der Waals surface area contributed by atoms with Gasteiger partial charge in [-0.3, -0.25) is 4.79 Å². The van der Waals surface area contributed by atoms with Gasteiger partial charge in [0.15, 0.2) is 6.29 Å². The van der Waals surface area contributed by atoms with Gasteiger partial charge in [-0.1, -0.05) is 156 Å². The van der Waals surface area contributed by atoms with Crippen LogP contribution < -0.4 is 0 Å². The van der Waals surface area contributed by atoms with Gasteiger partial charge in [-0.15, -0.1) is 0 Å². The van der Waals surface area contributed by atoms with Crippen molar-refractivity contribution in [2.45, 2.75) is 207 Å². The zero-order chi connectivity index (χ0) is 27.9. The summed E-state index contributed by atoms with van der Waals surface area (Å²) in [6.45, 7) is 6.67. The molecule has 2 atom stereocenters. The molecule has 228 valence electrons. The lowest BCUT2D eigenvalue weighted by atomic mass is 10.1. The monoisotopic (exact) mass is 542 g/mol. The van der Waals surface area contributed by atoms with Crippen LogP contribution in [0, 0.1) is 0 Å². The van der Waals surface area contributed by atoms with Crippen molar-refractivity contribution in [3.63, 3.8) is 0 Å². The Morgan fingerprint density at radius 1 is 0.500 bits per heavy atom. The summed E-state index contributed by atoms with van der Waals surface area (Å²) in [5.74, 6) is -0.231. The molecule has 0 aromatic rings. The Balaban J connectivity index is 4.07. The summed E-state index contributed by atoms with van der Waals surface area (Å²) in [6.07, 6.45) is 29.1. The van der Waals surface area contributed by atoms with Gasteiger partial charge in [0.2, 0.25) is 6.29 Å². The first-order valence-electron chi connectivity index (χ1n) is 16.8. The number of aliphatic hydroxyl groups excluding tert-OH is 1. The second kappa shape index (κ2) is 30.9. The number of carbonyl (C=O) groups is 1. The van der Waals surface area contributed by atoms with E-state index in [1.165, 1.54) is 103 Å². The average Bonchev–Trinajstić information content (AvgIpc) is 2.91. The molecule has 38 heavy (non-hydrogen) atoms. The Hall–Kier alpha value is -0.650. The lowest BCUT2D eigenvalue weighted by Crippen LogP contribution is -2.25. The third kappa shape index (κ3) is 28.4. The summed E-state index contributed by atoms with van der Waals surface area (Å²) >= 11 is 0. The molecule has 0 aliphatic carbocycles. The predicted molar refractivity (Wildman–Crippen MR) is 160 cm³/mol. The number of hydrogen-bond acceptors (Lipinski definition) is 5. The molecule has 0 fully saturated rings. The minimum atomic E-state index is -0.970. The largest absolute Gasteiger partial charge is 0.433 e. The number of unbranched alkanes of at least 4 members (excludes halogenated alkanes) is 21. The lowest BCUT2D eigenvalue weighted by molar-refractivity contribution is -0.424. The minimum absolute atomic E-state index is 0.231. The van der Waals surface area contributed by atoms with E-state index in [1.54, 1.807) is 0 Å². The van der Waals surface area contributed by atoms with Gasteiger partial charge in [-0.25, -0.2) is 4.89 Å². The molecule has 0 saturated heterocycles. The van der Waals surface area contributed by atoms with Gasteiger partial charge >= 0.3 is 5.97 Å². The van der Waals surface area contributed by atoms with Gasteiger partial charge in [0.25, 0.3) is 0 Å². The number of aliphatic hydroxyl groups is 1. The maximum Gasteiger partial charge on any atom is 0.308 e. The second-order valence-corrected chi connectivity index (χ2v) is 11.3. The van der Waals surface area contributed by atoms with Gasteiger partial charge in [-0.05, 0) is 19.3 Å². The molecule has 0 spiro atoms. The van der Waals surface area contributed by atoms with E-state index in [2.05, 4.69) is 20.8 Å². The van der Waals surface area contributed by atoms with Crippen molar-refractivity contribution >= 4 is 5.97 Å². The first kappa shape index (κ1) is 37.4. The number of rotatable bonds is 31.